The van der Waals surface area contributed by atoms with E-state index in [1.54, 1.807) is 0 Å². The summed E-state index contributed by atoms with van der Waals surface area (Å²) in [4.78, 5) is 14.6. The molecule has 1 aliphatic heterocycles. The third-order valence-corrected chi connectivity index (χ3v) is 2.53. The third kappa shape index (κ3) is 3.32. The Labute approximate surface area is 79.7 Å². The van der Waals surface area contributed by atoms with Crippen molar-refractivity contribution in [3.63, 3.8) is 0 Å². The molecule has 0 saturated carbocycles. The number of nitrogens with two attached hydrogens (primary N) is 1. The Balaban J connectivity index is 2.20. The molecule has 1 rings (SSSR count). The maximum atomic E-state index is 10.4. The number of piperazine rings is 1. The van der Waals surface area contributed by atoms with Gasteiger partial charge in [0.1, 0.15) is 0 Å². The van der Waals surface area contributed by atoms with Crippen LogP contribution in [0.3, 0.4) is 0 Å². The van der Waals surface area contributed by atoms with E-state index in [1.807, 2.05) is 4.90 Å². The Morgan fingerprint density at radius 3 is 2.46 bits per heavy atom. The van der Waals surface area contributed by atoms with Crippen LogP contribution in [0.4, 0.5) is 0 Å². The molecule has 0 bridgehead atoms. The highest BCUT2D eigenvalue weighted by Gasteiger charge is 2.16. The number of rotatable bonds is 4. The highest BCUT2D eigenvalue weighted by Crippen LogP contribution is 2.03. The van der Waals surface area contributed by atoms with E-state index in [-0.39, 0.29) is 0 Å². The van der Waals surface area contributed by atoms with Crippen molar-refractivity contribution >= 4 is 6.41 Å². The van der Waals surface area contributed by atoms with E-state index in [0.29, 0.717) is 5.92 Å². The lowest BCUT2D eigenvalue weighted by molar-refractivity contribution is -0.119. The largest absolute Gasteiger partial charge is 0.343 e. The standard InChI is InChI=1S/C9H19N3O/c1-9(6-10)7-11-2-4-12(8-13)5-3-11/h8-9H,2-7,10H2,1H3. The Bertz CT molecular complexity index is 155. The number of hydrogen-bond donors (Lipinski definition) is 1. The molecule has 1 saturated heterocycles. The van der Waals surface area contributed by atoms with E-state index >= 15 is 0 Å². The quantitative estimate of drug-likeness (QED) is 0.592. The average molecular weight is 185 g/mol. The molecule has 0 radical (unpaired) electrons. The van der Waals surface area contributed by atoms with Gasteiger partial charge in [0.2, 0.25) is 6.41 Å². The normalized spacial score (nSPS) is 21.5. The first-order valence-corrected chi connectivity index (χ1v) is 4.88. The molecule has 0 spiro atoms. The topological polar surface area (TPSA) is 49.6 Å². The van der Waals surface area contributed by atoms with Crippen LogP contribution in [0.25, 0.3) is 0 Å². The molecular formula is C9H19N3O. The second kappa shape index (κ2) is 5.19. The van der Waals surface area contributed by atoms with Crippen LogP contribution >= 0.6 is 0 Å². The van der Waals surface area contributed by atoms with Crippen LogP contribution in [0.15, 0.2) is 0 Å². The minimum absolute atomic E-state index is 0.558. The van der Waals surface area contributed by atoms with Crippen LogP contribution in [0.2, 0.25) is 0 Å². The molecule has 1 fully saturated rings. The Morgan fingerprint density at radius 1 is 1.38 bits per heavy atom. The monoisotopic (exact) mass is 185 g/mol. The van der Waals surface area contributed by atoms with Gasteiger partial charge in [-0.25, -0.2) is 0 Å². The van der Waals surface area contributed by atoms with Crippen molar-refractivity contribution in [1.82, 2.24) is 9.80 Å². The van der Waals surface area contributed by atoms with Gasteiger partial charge < -0.3 is 10.6 Å². The number of hydrogen-bond acceptors (Lipinski definition) is 3. The van der Waals surface area contributed by atoms with Gasteiger partial charge in [0, 0.05) is 32.7 Å². The lowest BCUT2D eigenvalue weighted by Crippen LogP contribution is -2.47. The summed E-state index contributed by atoms with van der Waals surface area (Å²) in [5.74, 6) is 0.558. The molecular weight excluding hydrogens is 166 g/mol. The first-order valence-electron chi connectivity index (χ1n) is 4.88. The Hall–Kier alpha value is -0.610. The van der Waals surface area contributed by atoms with Gasteiger partial charge in [0.25, 0.3) is 0 Å². The predicted molar refractivity (Wildman–Crippen MR) is 52.3 cm³/mol. The lowest BCUT2D eigenvalue weighted by Gasteiger charge is -2.33. The number of amides is 1. The van der Waals surface area contributed by atoms with Crippen LogP contribution in [0, 0.1) is 5.92 Å². The molecule has 1 amide bonds. The van der Waals surface area contributed by atoms with Crippen LogP contribution < -0.4 is 5.73 Å². The zero-order valence-electron chi connectivity index (χ0n) is 8.28. The molecule has 1 unspecified atom stereocenters. The maximum absolute atomic E-state index is 10.4. The van der Waals surface area contributed by atoms with Crippen LogP contribution in [0.1, 0.15) is 6.92 Å². The summed E-state index contributed by atoms with van der Waals surface area (Å²) in [6, 6.07) is 0. The van der Waals surface area contributed by atoms with Gasteiger partial charge in [0.05, 0.1) is 0 Å². The molecule has 4 heteroatoms. The molecule has 76 valence electrons. The molecule has 13 heavy (non-hydrogen) atoms. The van der Waals surface area contributed by atoms with Crippen LogP contribution in [-0.4, -0.2) is 55.5 Å². The molecule has 1 heterocycles. The van der Waals surface area contributed by atoms with Crippen molar-refractivity contribution in [1.29, 1.82) is 0 Å². The van der Waals surface area contributed by atoms with Crippen molar-refractivity contribution in [3.8, 4) is 0 Å². The van der Waals surface area contributed by atoms with Gasteiger partial charge in [-0.15, -0.1) is 0 Å². The number of carbonyl (C=O) groups is 1. The lowest BCUT2D eigenvalue weighted by atomic mass is 10.1. The SMILES string of the molecule is CC(CN)CN1CCN(C=O)CC1. The molecule has 0 aromatic heterocycles. The molecule has 4 nitrogen and oxygen atoms in total. The van der Waals surface area contributed by atoms with Gasteiger partial charge in [-0.1, -0.05) is 6.92 Å². The minimum atomic E-state index is 0.558. The third-order valence-electron chi connectivity index (χ3n) is 2.53. The summed E-state index contributed by atoms with van der Waals surface area (Å²) < 4.78 is 0. The predicted octanol–water partition coefficient (Wildman–Crippen LogP) is -0.645. The molecule has 1 aliphatic rings. The first-order chi connectivity index (χ1) is 6.26. The molecule has 1 atom stereocenters. The van der Waals surface area contributed by atoms with Gasteiger partial charge in [-0.05, 0) is 12.5 Å². The van der Waals surface area contributed by atoms with Crippen molar-refractivity contribution in [3.05, 3.63) is 0 Å². The van der Waals surface area contributed by atoms with E-state index in [1.165, 1.54) is 0 Å². The second-order valence-electron chi connectivity index (χ2n) is 3.78. The van der Waals surface area contributed by atoms with E-state index in [9.17, 15) is 4.79 Å². The molecule has 0 aromatic rings. The molecule has 2 N–H and O–H groups in total. The summed E-state index contributed by atoms with van der Waals surface area (Å²) in [6.45, 7) is 7.66. The fourth-order valence-electron chi connectivity index (χ4n) is 1.57. The van der Waals surface area contributed by atoms with E-state index in [0.717, 1.165) is 45.7 Å². The highest BCUT2D eigenvalue weighted by atomic mass is 16.1. The van der Waals surface area contributed by atoms with E-state index in [2.05, 4.69) is 11.8 Å². The number of nitrogens with zero attached hydrogens (tertiary/aromatic N) is 2. The van der Waals surface area contributed by atoms with Crippen molar-refractivity contribution in [2.24, 2.45) is 11.7 Å². The van der Waals surface area contributed by atoms with E-state index < -0.39 is 0 Å². The van der Waals surface area contributed by atoms with Gasteiger partial charge in [-0.2, -0.15) is 0 Å². The minimum Gasteiger partial charge on any atom is -0.343 e. The number of carbonyl (C=O) groups excluding carboxylic acids is 1. The first kappa shape index (κ1) is 10.5. The molecule has 0 aliphatic carbocycles. The Morgan fingerprint density at radius 2 is 2.00 bits per heavy atom. The summed E-state index contributed by atoms with van der Waals surface area (Å²) in [7, 11) is 0. The molecule has 0 aromatic carbocycles. The van der Waals surface area contributed by atoms with Crippen molar-refractivity contribution in [2.75, 3.05) is 39.3 Å². The summed E-state index contributed by atoms with van der Waals surface area (Å²) in [5, 5.41) is 0. The fraction of sp³-hybridized carbons (Fsp3) is 0.889. The Kier molecular flexibility index (Phi) is 4.18. The average Bonchev–Trinajstić information content (AvgIpc) is 2.19. The van der Waals surface area contributed by atoms with Gasteiger partial charge in [0.15, 0.2) is 0 Å². The fourth-order valence-corrected chi connectivity index (χ4v) is 1.57. The highest BCUT2D eigenvalue weighted by molar-refractivity contribution is 5.47. The van der Waals surface area contributed by atoms with Gasteiger partial charge in [-0.3, -0.25) is 9.69 Å². The zero-order valence-corrected chi connectivity index (χ0v) is 8.28. The zero-order chi connectivity index (χ0) is 9.68. The van der Waals surface area contributed by atoms with Crippen molar-refractivity contribution < 1.29 is 4.79 Å². The summed E-state index contributed by atoms with van der Waals surface area (Å²) in [5.41, 5.74) is 5.55. The maximum Gasteiger partial charge on any atom is 0.209 e. The van der Waals surface area contributed by atoms with E-state index in [4.69, 9.17) is 5.73 Å². The smallest absolute Gasteiger partial charge is 0.209 e. The van der Waals surface area contributed by atoms with Crippen LogP contribution in [0.5, 0.6) is 0 Å². The van der Waals surface area contributed by atoms with Crippen LogP contribution in [-0.2, 0) is 4.79 Å². The van der Waals surface area contributed by atoms with Crippen molar-refractivity contribution in [2.45, 2.75) is 6.92 Å². The van der Waals surface area contributed by atoms with Gasteiger partial charge >= 0.3 is 0 Å². The second-order valence-corrected chi connectivity index (χ2v) is 3.78. The summed E-state index contributed by atoms with van der Waals surface area (Å²) in [6.07, 6.45) is 0.934. The summed E-state index contributed by atoms with van der Waals surface area (Å²) >= 11 is 0.